The van der Waals surface area contributed by atoms with Crippen molar-refractivity contribution in [3.8, 4) is 0 Å². The van der Waals surface area contributed by atoms with Crippen molar-refractivity contribution in [3.05, 3.63) is 22.4 Å². The molecule has 8 heavy (non-hydrogen) atoms. The highest BCUT2D eigenvalue weighted by atomic mass is 32.1. The van der Waals surface area contributed by atoms with Gasteiger partial charge in [-0.2, -0.15) is 11.3 Å². The van der Waals surface area contributed by atoms with E-state index in [2.05, 4.69) is 23.8 Å². The van der Waals surface area contributed by atoms with Crippen LogP contribution in [0.25, 0.3) is 0 Å². The van der Waals surface area contributed by atoms with E-state index in [1.165, 1.54) is 5.56 Å². The van der Waals surface area contributed by atoms with Crippen LogP contribution < -0.4 is 0 Å². The number of hydrogen-bond acceptors (Lipinski definition) is 2. The van der Waals surface area contributed by atoms with Gasteiger partial charge in [-0.05, 0) is 29.3 Å². The van der Waals surface area contributed by atoms with E-state index in [0.717, 1.165) is 0 Å². The lowest BCUT2D eigenvalue weighted by Crippen LogP contribution is -1.47. The highest BCUT2D eigenvalue weighted by Crippen LogP contribution is 2.01. The molecule has 1 heterocycles. The Bertz CT molecular complexity index is 123. The van der Waals surface area contributed by atoms with Gasteiger partial charge in [0, 0.05) is 0 Å². The molecule has 0 radical (unpaired) electrons. The summed E-state index contributed by atoms with van der Waals surface area (Å²) in [5.74, 6) is 0. The van der Waals surface area contributed by atoms with Crippen molar-refractivity contribution in [2.24, 2.45) is 0 Å². The molecule has 0 bridgehead atoms. The second kappa shape index (κ2) is 4.53. The van der Waals surface area contributed by atoms with Gasteiger partial charge in [0.05, 0.1) is 0 Å². The van der Waals surface area contributed by atoms with Crippen LogP contribution in [0.15, 0.2) is 16.8 Å². The molecule has 44 valence electrons. The third-order valence-electron chi connectivity index (χ3n) is 0.663. The van der Waals surface area contributed by atoms with E-state index in [9.17, 15) is 0 Å². The summed E-state index contributed by atoms with van der Waals surface area (Å²) in [6.45, 7) is 4.09. The zero-order valence-corrected chi connectivity index (χ0v) is 5.57. The summed E-state index contributed by atoms with van der Waals surface area (Å²) in [5, 5.41) is 4.20. The van der Waals surface area contributed by atoms with E-state index in [4.69, 9.17) is 4.79 Å². The molecule has 0 unspecified atom stereocenters. The first-order chi connectivity index (χ1) is 3.89. The predicted molar refractivity (Wildman–Crippen MR) is 36.2 cm³/mol. The second-order valence-electron chi connectivity index (χ2n) is 1.30. The molecule has 0 aromatic carbocycles. The van der Waals surface area contributed by atoms with Crippen molar-refractivity contribution in [2.45, 2.75) is 6.92 Å². The van der Waals surface area contributed by atoms with E-state index < -0.39 is 0 Å². The topological polar surface area (TPSA) is 17.1 Å². The number of thiophene rings is 1. The van der Waals surface area contributed by atoms with Crippen LogP contribution in [0, 0.1) is 6.92 Å². The summed E-state index contributed by atoms with van der Waals surface area (Å²) >= 11 is 1.74. The van der Waals surface area contributed by atoms with Gasteiger partial charge < -0.3 is 4.79 Å². The molecule has 0 saturated carbocycles. The molecule has 1 aromatic rings. The second-order valence-corrected chi connectivity index (χ2v) is 2.08. The summed E-state index contributed by atoms with van der Waals surface area (Å²) in [6, 6.07) is 2.10. The number of carbonyl (C=O) groups excluding carboxylic acids is 1. The molecule has 0 aliphatic rings. The van der Waals surface area contributed by atoms with Crippen molar-refractivity contribution in [1.29, 1.82) is 0 Å². The quantitative estimate of drug-likeness (QED) is 0.521. The maximum atomic E-state index is 8.00. The molecular formula is C6H8OS. The third-order valence-corrected chi connectivity index (χ3v) is 1.46. The average Bonchev–Trinajstić information content (AvgIpc) is 2.24. The average molecular weight is 128 g/mol. The smallest absolute Gasteiger partial charge is 0.106 e. The zero-order chi connectivity index (χ0) is 6.41. The number of hydrogen-bond donors (Lipinski definition) is 0. The van der Waals surface area contributed by atoms with Gasteiger partial charge in [0.1, 0.15) is 6.79 Å². The largest absolute Gasteiger partial charge is 0.307 e. The number of aryl methyl sites for hydroxylation is 1. The summed E-state index contributed by atoms with van der Waals surface area (Å²) < 4.78 is 0. The minimum absolute atomic E-state index is 1.36. The molecule has 0 aliphatic carbocycles. The first-order valence-corrected chi connectivity index (χ1v) is 3.11. The molecular weight excluding hydrogens is 120 g/mol. The summed E-state index contributed by atoms with van der Waals surface area (Å²) in [6.07, 6.45) is 0. The Morgan fingerprint density at radius 1 is 1.62 bits per heavy atom. The van der Waals surface area contributed by atoms with Gasteiger partial charge in [-0.15, -0.1) is 0 Å². The summed E-state index contributed by atoms with van der Waals surface area (Å²) in [7, 11) is 0. The first-order valence-electron chi connectivity index (χ1n) is 2.17. The van der Waals surface area contributed by atoms with Crippen LogP contribution in [-0.2, 0) is 4.79 Å². The van der Waals surface area contributed by atoms with Crippen molar-refractivity contribution in [2.75, 3.05) is 0 Å². The van der Waals surface area contributed by atoms with E-state index in [0.29, 0.717) is 0 Å². The molecule has 1 rings (SSSR count). The molecule has 0 saturated heterocycles. The number of rotatable bonds is 0. The van der Waals surface area contributed by atoms with Gasteiger partial charge in [-0.3, -0.25) is 0 Å². The van der Waals surface area contributed by atoms with Crippen LogP contribution >= 0.6 is 11.3 Å². The SMILES string of the molecule is C=O.Cc1ccsc1. The van der Waals surface area contributed by atoms with Crippen molar-refractivity contribution >= 4 is 18.1 Å². The van der Waals surface area contributed by atoms with E-state index in [-0.39, 0.29) is 0 Å². The van der Waals surface area contributed by atoms with Crippen LogP contribution in [0.4, 0.5) is 0 Å². The molecule has 0 atom stereocenters. The normalized spacial score (nSPS) is 7.12. The molecule has 0 N–H and O–H groups in total. The van der Waals surface area contributed by atoms with E-state index in [1.807, 2.05) is 6.79 Å². The summed E-state index contributed by atoms with van der Waals surface area (Å²) in [5.41, 5.74) is 1.36. The third kappa shape index (κ3) is 2.53. The molecule has 1 aromatic heterocycles. The fourth-order valence-electron chi connectivity index (χ4n) is 0.333. The highest BCUT2D eigenvalue weighted by molar-refractivity contribution is 7.07. The lowest BCUT2D eigenvalue weighted by Gasteiger charge is -1.65. The molecule has 0 spiro atoms. The maximum Gasteiger partial charge on any atom is 0.106 e. The van der Waals surface area contributed by atoms with Crippen LogP contribution in [0.1, 0.15) is 5.56 Å². The molecule has 0 fully saturated rings. The Hall–Kier alpha value is -0.630. The first kappa shape index (κ1) is 7.37. The van der Waals surface area contributed by atoms with Gasteiger partial charge in [0.15, 0.2) is 0 Å². The Labute approximate surface area is 53.0 Å². The van der Waals surface area contributed by atoms with Crippen molar-refractivity contribution in [3.63, 3.8) is 0 Å². The minimum Gasteiger partial charge on any atom is -0.307 e. The van der Waals surface area contributed by atoms with Crippen LogP contribution in [0.3, 0.4) is 0 Å². The maximum absolute atomic E-state index is 8.00. The van der Waals surface area contributed by atoms with E-state index >= 15 is 0 Å². The fraction of sp³-hybridized carbons (Fsp3) is 0.167. The lowest BCUT2D eigenvalue weighted by molar-refractivity contribution is -0.0979. The molecule has 0 amide bonds. The standard InChI is InChI=1S/C5H6S.CH2O/c1-5-2-3-6-4-5;1-2/h2-4H,1H3;1H2. The van der Waals surface area contributed by atoms with Gasteiger partial charge in [-0.1, -0.05) is 0 Å². The monoisotopic (exact) mass is 128 g/mol. The van der Waals surface area contributed by atoms with Crippen LogP contribution in [0.2, 0.25) is 0 Å². The van der Waals surface area contributed by atoms with Gasteiger partial charge in [0.2, 0.25) is 0 Å². The lowest BCUT2D eigenvalue weighted by atomic mass is 10.4. The van der Waals surface area contributed by atoms with Crippen LogP contribution in [-0.4, -0.2) is 6.79 Å². The van der Waals surface area contributed by atoms with Gasteiger partial charge >= 0.3 is 0 Å². The Morgan fingerprint density at radius 2 is 2.25 bits per heavy atom. The Morgan fingerprint density at radius 3 is 2.38 bits per heavy atom. The fourth-order valence-corrected chi connectivity index (χ4v) is 0.998. The summed E-state index contributed by atoms with van der Waals surface area (Å²) in [4.78, 5) is 8.00. The van der Waals surface area contributed by atoms with Gasteiger partial charge in [-0.25, -0.2) is 0 Å². The Balaban J connectivity index is 0.000000222. The highest BCUT2D eigenvalue weighted by Gasteiger charge is 1.74. The van der Waals surface area contributed by atoms with Crippen molar-refractivity contribution < 1.29 is 4.79 Å². The minimum atomic E-state index is 1.36. The molecule has 1 nitrogen and oxygen atoms in total. The molecule has 2 heteroatoms. The predicted octanol–water partition coefficient (Wildman–Crippen LogP) is 1.87. The molecule has 0 aliphatic heterocycles. The van der Waals surface area contributed by atoms with Crippen LogP contribution in [0.5, 0.6) is 0 Å². The number of carbonyl (C=O) groups is 1. The van der Waals surface area contributed by atoms with Gasteiger partial charge in [0.25, 0.3) is 0 Å². The zero-order valence-electron chi connectivity index (χ0n) is 4.76. The Kier molecular flexibility index (Phi) is 4.17. The van der Waals surface area contributed by atoms with E-state index in [1.54, 1.807) is 11.3 Å². The van der Waals surface area contributed by atoms with Crippen molar-refractivity contribution in [1.82, 2.24) is 0 Å².